The zero-order valence-electron chi connectivity index (χ0n) is 12.1. The lowest BCUT2D eigenvalue weighted by Crippen LogP contribution is -2.27. The molecular weight excluding hydrogens is 257 g/mol. The molecule has 2 rings (SSSR count). The Morgan fingerprint density at radius 2 is 2.00 bits per heavy atom. The van der Waals surface area contributed by atoms with Gasteiger partial charge < -0.3 is 5.32 Å². The molecule has 1 N–H and O–H groups in total. The van der Waals surface area contributed by atoms with Crippen molar-refractivity contribution < 1.29 is 8.87 Å². The minimum Gasteiger partial charge on any atom is -0.307 e. The predicted molar refractivity (Wildman–Crippen MR) is 75.8 cm³/mol. The third-order valence-corrected chi connectivity index (χ3v) is 2.40. The van der Waals surface area contributed by atoms with Crippen molar-refractivity contribution in [2.45, 2.75) is 6.92 Å². The first-order valence-electron chi connectivity index (χ1n) is 6.24. The van der Waals surface area contributed by atoms with Gasteiger partial charge in [0.05, 0.1) is 27.2 Å². The zero-order chi connectivity index (χ0) is 14.8. The Morgan fingerprint density at radius 1 is 1.25 bits per heavy atom. The van der Waals surface area contributed by atoms with Gasteiger partial charge >= 0.3 is 6.08 Å². The number of halogens is 1. The van der Waals surface area contributed by atoms with Gasteiger partial charge in [-0.2, -0.15) is 19.3 Å². The molecule has 0 unspecified atom stereocenters. The van der Waals surface area contributed by atoms with Crippen LogP contribution in [0.15, 0.2) is 35.7 Å². The Balaban J connectivity index is 2.20. The van der Waals surface area contributed by atoms with Crippen LogP contribution in [0.4, 0.5) is 10.3 Å². The van der Waals surface area contributed by atoms with Crippen LogP contribution >= 0.6 is 0 Å². The van der Waals surface area contributed by atoms with Gasteiger partial charge in [0, 0.05) is 18.6 Å². The molecule has 0 saturated heterocycles. The fourth-order valence-electron chi connectivity index (χ4n) is 1.78. The van der Waals surface area contributed by atoms with Crippen molar-refractivity contribution in [3.63, 3.8) is 0 Å². The summed E-state index contributed by atoms with van der Waals surface area (Å²) in [6, 6.07) is 0. The summed E-state index contributed by atoms with van der Waals surface area (Å²) in [6.07, 6.45) is 9.09. The number of quaternary nitrogens is 1. The van der Waals surface area contributed by atoms with E-state index < -0.39 is 6.08 Å². The van der Waals surface area contributed by atoms with Gasteiger partial charge in [-0.05, 0) is 6.92 Å². The molecule has 0 aliphatic heterocycles. The lowest BCUT2D eigenvalue weighted by molar-refractivity contribution is -0.817. The summed E-state index contributed by atoms with van der Waals surface area (Å²) in [5.74, 6) is 0.548. The van der Waals surface area contributed by atoms with Crippen LogP contribution in [0.3, 0.4) is 0 Å². The topological polar surface area (TPSA) is 50.7 Å². The van der Waals surface area contributed by atoms with Crippen molar-refractivity contribution in [1.29, 1.82) is 0 Å². The molecule has 1 aromatic heterocycles. The second-order valence-corrected chi connectivity index (χ2v) is 5.47. The highest BCUT2D eigenvalue weighted by atomic mass is 19.1. The highest BCUT2D eigenvalue weighted by Gasteiger charge is 2.16. The number of hydrogen-bond donors (Lipinski definition) is 1. The maximum atomic E-state index is 13.1. The molecular formula is C14H18FN5+2. The third-order valence-electron chi connectivity index (χ3n) is 2.40. The molecule has 1 aliphatic carbocycles. The van der Waals surface area contributed by atoms with Crippen molar-refractivity contribution in [3.8, 4) is 0 Å². The maximum Gasteiger partial charge on any atom is 0.313 e. The van der Waals surface area contributed by atoms with Crippen LogP contribution in [0, 0.1) is 19.4 Å². The van der Waals surface area contributed by atoms with Crippen LogP contribution < -0.4 is 5.32 Å². The molecule has 0 saturated carbocycles. The molecule has 0 spiro atoms. The largest absolute Gasteiger partial charge is 0.313 e. The summed E-state index contributed by atoms with van der Waals surface area (Å²) in [5, 5.41) is 2.98. The second kappa shape index (κ2) is 5.42. The molecule has 0 atom stereocenters. The number of allylic oxidation sites excluding steroid dienone is 4. The molecule has 20 heavy (non-hydrogen) atoms. The van der Waals surface area contributed by atoms with Gasteiger partial charge in [-0.15, -0.1) is 0 Å². The molecule has 0 aromatic carbocycles. The van der Waals surface area contributed by atoms with E-state index in [2.05, 4.69) is 47.6 Å². The Hall–Kier alpha value is -2.21. The monoisotopic (exact) mass is 275 g/mol. The lowest BCUT2D eigenvalue weighted by atomic mass is 10.1. The van der Waals surface area contributed by atoms with E-state index in [1.165, 1.54) is 0 Å². The van der Waals surface area contributed by atoms with Crippen molar-refractivity contribution in [3.05, 3.63) is 54.0 Å². The number of nitrogens with one attached hydrogen (secondary N) is 1. The molecule has 0 amide bonds. The molecule has 6 heteroatoms. The highest BCUT2D eigenvalue weighted by Crippen LogP contribution is 2.17. The molecule has 0 fully saturated rings. The van der Waals surface area contributed by atoms with Crippen LogP contribution in [0.2, 0.25) is 0 Å². The van der Waals surface area contributed by atoms with E-state index >= 15 is 0 Å². The average Bonchev–Trinajstić information content (AvgIpc) is 2.25. The van der Waals surface area contributed by atoms with E-state index in [1.54, 1.807) is 6.92 Å². The minimum atomic E-state index is -0.783. The Morgan fingerprint density at radius 3 is 2.65 bits per heavy atom. The van der Waals surface area contributed by atoms with E-state index in [9.17, 15) is 4.39 Å². The van der Waals surface area contributed by atoms with Crippen LogP contribution in [0.1, 0.15) is 5.82 Å². The van der Waals surface area contributed by atoms with Crippen LogP contribution in [0.25, 0.3) is 0 Å². The summed E-state index contributed by atoms with van der Waals surface area (Å²) in [5.41, 5.74) is 1.87. The van der Waals surface area contributed by atoms with E-state index in [-0.39, 0.29) is 5.95 Å². The fraction of sp³-hybridized carbons (Fsp3) is 0.286. The summed E-state index contributed by atoms with van der Waals surface area (Å²) in [4.78, 5) is 11.2. The quantitative estimate of drug-likeness (QED) is 0.677. The SMILES string of the molecule is Cc1nc(F)nc(NC2=CC(=C[N+](C)(C)C)[CH+]C=C2)n1. The van der Waals surface area contributed by atoms with Crippen molar-refractivity contribution in [1.82, 2.24) is 15.0 Å². The van der Waals surface area contributed by atoms with Gasteiger partial charge in [-0.3, -0.25) is 4.48 Å². The first kappa shape index (κ1) is 14.2. The lowest BCUT2D eigenvalue weighted by Gasteiger charge is -2.15. The standard InChI is InChI=1S/C14H18FN5/c1-10-16-13(15)19-14(17-10)18-12-7-5-6-11(8-12)9-20(2,3)4/h5-9H,1-4H3,(H,16,17,18,19)/q+2. The predicted octanol–water partition coefficient (Wildman–Crippen LogP) is 1.98. The number of hydrogen-bond acceptors (Lipinski definition) is 4. The number of anilines is 1. The zero-order valence-corrected chi connectivity index (χ0v) is 12.1. The Labute approximate surface area is 118 Å². The maximum absolute atomic E-state index is 13.1. The molecule has 0 radical (unpaired) electrons. The minimum absolute atomic E-state index is 0.206. The molecule has 1 aromatic rings. The Bertz CT molecular complexity index is 576. The number of aromatic nitrogens is 3. The fourth-order valence-corrected chi connectivity index (χ4v) is 1.78. The van der Waals surface area contributed by atoms with Gasteiger partial charge in [0.15, 0.2) is 11.8 Å². The van der Waals surface area contributed by atoms with E-state index in [4.69, 9.17) is 0 Å². The van der Waals surface area contributed by atoms with Crippen LogP contribution in [-0.4, -0.2) is 40.6 Å². The van der Waals surface area contributed by atoms with E-state index in [0.29, 0.717) is 10.3 Å². The van der Waals surface area contributed by atoms with Crippen molar-refractivity contribution in [2.75, 3.05) is 26.5 Å². The van der Waals surface area contributed by atoms with Gasteiger partial charge in [0.25, 0.3) is 0 Å². The van der Waals surface area contributed by atoms with E-state index in [1.807, 2.05) is 24.6 Å². The van der Waals surface area contributed by atoms with Crippen LogP contribution in [-0.2, 0) is 0 Å². The van der Waals surface area contributed by atoms with Gasteiger partial charge in [-0.25, -0.2) is 0 Å². The summed E-state index contributed by atoms with van der Waals surface area (Å²) >= 11 is 0. The second-order valence-electron chi connectivity index (χ2n) is 5.47. The highest BCUT2D eigenvalue weighted by molar-refractivity contribution is 5.49. The number of aryl methyl sites for hydroxylation is 1. The smallest absolute Gasteiger partial charge is 0.307 e. The normalized spacial score (nSPS) is 16.9. The van der Waals surface area contributed by atoms with Gasteiger partial charge in [0.2, 0.25) is 5.95 Å². The summed E-state index contributed by atoms with van der Waals surface area (Å²) in [7, 11) is 6.22. The molecule has 0 bridgehead atoms. The van der Waals surface area contributed by atoms with Gasteiger partial charge in [-0.1, -0.05) is 0 Å². The molecule has 5 nitrogen and oxygen atoms in total. The first-order valence-corrected chi connectivity index (χ1v) is 6.24. The number of nitrogens with zero attached hydrogens (tertiary/aromatic N) is 4. The number of rotatable bonds is 3. The third kappa shape index (κ3) is 4.17. The molecule has 1 aliphatic rings. The molecule has 104 valence electrons. The van der Waals surface area contributed by atoms with Crippen LogP contribution in [0.5, 0.6) is 0 Å². The average molecular weight is 275 g/mol. The van der Waals surface area contributed by atoms with E-state index in [0.717, 1.165) is 11.3 Å². The van der Waals surface area contributed by atoms with Crippen molar-refractivity contribution in [2.24, 2.45) is 0 Å². The summed E-state index contributed by atoms with van der Waals surface area (Å²) in [6.45, 7) is 1.62. The first-order chi connectivity index (χ1) is 9.32. The van der Waals surface area contributed by atoms with Crippen molar-refractivity contribution >= 4 is 5.95 Å². The van der Waals surface area contributed by atoms with Gasteiger partial charge in [0.1, 0.15) is 11.5 Å². The summed E-state index contributed by atoms with van der Waals surface area (Å²) < 4.78 is 13.8. The molecule has 1 heterocycles. The Kier molecular flexibility index (Phi) is 3.85.